The maximum atomic E-state index is 13.5. The van der Waals surface area contributed by atoms with Crippen LogP contribution < -0.4 is 4.74 Å². The number of ether oxygens (including phenoxy) is 1. The molecule has 0 aliphatic carbocycles. The third-order valence-electron chi connectivity index (χ3n) is 4.61. The first-order valence-electron chi connectivity index (χ1n) is 8.56. The van der Waals surface area contributed by atoms with Crippen molar-refractivity contribution >= 4 is 11.6 Å². The monoisotopic (exact) mass is 373 g/mol. The van der Waals surface area contributed by atoms with Crippen LogP contribution in [0.5, 0.6) is 5.75 Å². The van der Waals surface area contributed by atoms with Crippen LogP contribution in [-0.2, 0) is 6.54 Å². The summed E-state index contributed by atoms with van der Waals surface area (Å²) in [5, 5.41) is 10.9. The van der Waals surface area contributed by atoms with Gasteiger partial charge in [0.25, 0.3) is 5.91 Å². The zero-order chi connectivity index (χ0) is 19.4. The van der Waals surface area contributed by atoms with E-state index in [1.807, 2.05) is 24.3 Å². The minimum absolute atomic E-state index is 0.131. The Morgan fingerprint density at radius 3 is 2.41 bits per heavy atom. The number of amides is 1. The number of nitro benzene ring substituents is 1. The van der Waals surface area contributed by atoms with E-state index in [1.165, 1.54) is 6.07 Å². The quantitative estimate of drug-likeness (QED) is 0.595. The van der Waals surface area contributed by atoms with Gasteiger partial charge in [-0.1, -0.05) is 12.1 Å². The van der Waals surface area contributed by atoms with E-state index in [2.05, 4.69) is 4.90 Å². The number of hydrogen-bond donors (Lipinski definition) is 0. The summed E-state index contributed by atoms with van der Waals surface area (Å²) in [5.41, 5.74) is 0.607. The lowest BCUT2D eigenvalue weighted by Gasteiger charge is -2.34. The van der Waals surface area contributed by atoms with Gasteiger partial charge in [-0.2, -0.15) is 4.39 Å². The van der Waals surface area contributed by atoms with Crippen molar-refractivity contribution in [1.29, 1.82) is 0 Å². The van der Waals surface area contributed by atoms with Crippen molar-refractivity contribution in [3.63, 3.8) is 0 Å². The SMILES string of the molecule is COc1ccc(CN2CCN(C(=O)c3ccc(F)c([N+](=O)[O-])c3)CC2)cc1. The van der Waals surface area contributed by atoms with Crippen molar-refractivity contribution in [2.75, 3.05) is 33.3 Å². The molecule has 8 heteroatoms. The molecule has 0 atom stereocenters. The third-order valence-corrected chi connectivity index (χ3v) is 4.61. The molecule has 0 bridgehead atoms. The highest BCUT2D eigenvalue weighted by atomic mass is 19.1. The molecule has 0 spiro atoms. The Labute approximate surface area is 156 Å². The zero-order valence-corrected chi connectivity index (χ0v) is 14.9. The summed E-state index contributed by atoms with van der Waals surface area (Å²) in [7, 11) is 1.63. The van der Waals surface area contributed by atoms with E-state index < -0.39 is 16.4 Å². The molecule has 1 fully saturated rings. The van der Waals surface area contributed by atoms with Gasteiger partial charge in [-0.3, -0.25) is 19.8 Å². The van der Waals surface area contributed by atoms with Crippen LogP contribution in [0.2, 0.25) is 0 Å². The number of carbonyl (C=O) groups excluding carboxylic acids is 1. The molecule has 1 aliphatic heterocycles. The number of hydrogen-bond acceptors (Lipinski definition) is 5. The highest BCUT2D eigenvalue weighted by molar-refractivity contribution is 5.95. The van der Waals surface area contributed by atoms with Crippen LogP contribution >= 0.6 is 0 Å². The fourth-order valence-corrected chi connectivity index (χ4v) is 3.07. The molecule has 1 amide bonds. The lowest BCUT2D eigenvalue weighted by atomic mass is 10.1. The van der Waals surface area contributed by atoms with Gasteiger partial charge >= 0.3 is 5.69 Å². The fraction of sp³-hybridized carbons (Fsp3) is 0.316. The van der Waals surface area contributed by atoms with Crippen molar-refractivity contribution in [1.82, 2.24) is 9.80 Å². The summed E-state index contributed by atoms with van der Waals surface area (Å²) in [5.74, 6) is -0.453. The van der Waals surface area contributed by atoms with E-state index in [0.717, 1.165) is 30.0 Å². The van der Waals surface area contributed by atoms with Gasteiger partial charge in [0.2, 0.25) is 5.82 Å². The van der Waals surface area contributed by atoms with Crippen LogP contribution in [0.1, 0.15) is 15.9 Å². The lowest BCUT2D eigenvalue weighted by molar-refractivity contribution is -0.387. The van der Waals surface area contributed by atoms with Gasteiger partial charge in [-0.05, 0) is 29.8 Å². The smallest absolute Gasteiger partial charge is 0.305 e. The Morgan fingerprint density at radius 2 is 1.81 bits per heavy atom. The lowest BCUT2D eigenvalue weighted by Crippen LogP contribution is -2.48. The van der Waals surface area contributed by atoms with Gasteiger partial charge in [0.15, 0.2) is 0 Å². The van der Waals surface area contributed by atoms with Crippen LogP contribution in [-0.4, -0.2) is 53.9 Å². The second-order valence-corrected chi connectivity index (χ2v) is 6.34. The molecule has 1 saturated heterocycles. The molecule has 0 N–H and O–H groups in total. The van der Waals surface area contributed by atoms with Crippen LogP contribution in [0.15, 0.2) is 42.5 Å². The van der Waals surface area contributed by atoms with Gasteiger partial charge in [0, 0.05) is 44.4 Å². The Morgan fingerprint density at radius 1 is 1.15 bits per heavy atom. The first kappa shape index (κ1) is 18.8. The first-order chi connectivity index (χ1) is 13.0. The number of nitro groups is 1. The normalized spacial score (nSPS) is 14.8. The minimum atomic E-state index is -0.944. The number of carbonyl (C=O) groups is 1. The number of halogens is 1. The molecular formula is C19H20FN3O4. The topological polar surface area (TPSA) is 75.9 Å². The molecule has 0 aromatic heterocycles. The number of benzene rings is 2. The van der Waals surface area contributed by atoms with Crippen LogP contribution in [0.25, 0.3) is 0 Å². The minimum Gasteiger partial charge on any atom is -0.497 e. The Kier molecular flexibility index (Phi) is 5.66. The second-order valence-electron chi connectivity index (χ2n) is 6.34. The van der Waals surface area contributed by atoms with E-state index in [1.54, 1.807) is 12.0 Å². The summed E-state index contributed by atoms with van der Waals surface area (Å²) < 4.78 is 18.6. The molecule has 0 saturated carbocycles. The molecule has 1 heterocycles. The van der Waals surface area contributed by atoms with Crippen LogP contribution in [0.4, 0.5) is 10.1 Å². The van der Waals surface area contributed by atoms with Crippen molar-refractivity contribution < 1.29 is 18.8 Å². The average Bonchev–Trinajstić information content (AvgIpc) is 2.69. The van der Waals surface area contributed by atoms with Gasteiger partial charge in [0.1, 0.15) is 5.75 Å². The molecule has 2 aromatic rings. The highest BCUT2D eigenvalue weighted by Gasteiger charge is 2.24. The van der Waals surface area contributed by atoms with Crippen molar-refractivity contribution in [2.24, 2.45) is 0 Å². The predicted molar refractivity (Wildman–Crippen MR) is 97.2 cm³/mol. The highest BCUT2D eigenvalue weighted by Crippen LogP contribution is 2.20. The summed E-state index contributed by atoms with van der Waals surface area (Å²) in [6, 6.07) is 11.1. The molecule has 27 heavy (non-hydrogen) atoms. The van der Waals surface area contributed by atoms with Gasteiger partial charge in [0.05, 0.1) is 12.0 Å². The molecule has 142 valence electrons. The average molecular weight is 373 g/mol. The second kappa shape index (κ2) is 8.13. The van der Waals surface area contributed by atoms with Gasteiger partial charge in [-0.15, -0.1) is 0 Å². The Bertz CT molecular complexity index is 833. The molecular weight excluding hydrogens is 353 g/mol. The van der Waals surface area contributed by atoms with Crippen molar-refractivity contribution in [3.05, 3.63) is 69.5 Å². The van der Waals surface area contributed by atoms with Gasteiger partial charge in [-0.25, -0.2) is 0 Å². The van der Waals surface area contributed by atoms with E-state index in [0.29, 0.717) is 26.2 Å². The summed E-state index contributed by atoms with van der Waals surface area (Å²) in [4.78, 5) is 26.5. The molecule has 2 aromatic carbocycles. The third kappa shape index (κ3) is 4.40. The molecule has 3 rings (SSSR count). The number of nitrogens with zero attached hydrogens (tertiary/aromatic N) is 3. The Balaban J connectivity index is 1.59. The zero-order valence-electron chi connectivity index (χ0n) is 14.9. The maximum Gasteiger partial charge on any atom is 0.305 e. The van der Waals surface area contributed by atoms with Gasteiger partial charge < -0.3 is 9.64 Å². The van der Waals surface area contributed by atoms with E-state index in [9.17, 15) is 19.3 Å². The summed E-state index contributed by atoms with van der Waals surface area (Å²) >= 11 is 0. The maximum absolute atomic E-state index is 13.5. The number of piperazine rings is 1. The van der Waals surface area contributed by atoms with Crippen molar-refractivity contribution in [3.8, 4) is 5.75 Å². The number of rotatable bonds is 5. The molecule has 1 aliphatic rings. The Hall–Kier alpha value is -3.00. The fourth-order valence-electron chi connectivity index (χ4n) is 3.07. The summed E-state index contributed by atoms with van der Waals surface area (Å²) in [6.45, 7) is 3.19. The molecule has 7 nitrogen and oxygen atoms in total. The molecule has 0 radical (unpaired) electrons. The molecule has 0 unspecified atom stereocenters. The summed E-state index contributed by atoms with van der Waals surface area (Å²) in [6.07, 6.45) is 0. The largest absolute Gasteiger partial charge is 0.497 e. The van der Waals surface area contributed by atoms with E-state index in [4.69, 9.17) is 4.74 Å². The van der Waals surface area contributed by atoms with E-state index >= 15 is 0 Å². The first-order valence-corrected chi connectivity index (χ1v) is 8.56. The van der Waals surface area contributed by atoms with Crippen molar-refractivity contribution in [2.45, 2.75) is 6.54 Å². The predicted octanol–water partition coefficient (Wildman–Crippen LogP) is 2.70. The number of methoxy groups -OCH3 is 1. The standard InChI is InChI=1S/C19H20FN3O4/c1-27-16-5-2-14(3-6-16)13-21-8-10-22(11-9-21)19(24)15-4-7-17(20)18(12-15)23(25)26/h2-7,12H,8-11,13H2,1H3. The van der Waals surface area contributed by atoms with Crippen LogP contribution in [0, 0.1) is 15.9 Å². The van der Waals surface area contributed by atoms with Crippen LogP contribution in [0.3, 0.4) is 0 Å². The van der Waals surface area contributed by atoms with E-state index in [-0.39, 0.29) is 11.5 Å².